The van der Waals surface area contributed by atoms with Crippen LogP contribution in [-0.2, 0) is 0 Å². The predicted molar refractivity (Wildman–Crippen MR) is 51.9 cm³/mol. The third-order valence-corrected chi connectivity index (χ3v) is 1.48. The van der Waals surface area contributed by atoms with E-state index in [0.29, 0.717) is 11.8 Å². The van der Waals surface area contributed by atoms with E-state index in [-0.39, 0.29) is 6.10 Å². The Balaban J connectivity index is 0. The third kappa shape index (κ3) is 11.0. The van der Waals surface area contributed by atoms with Gasteiger partial charge in [-0.25, -0.2) is 0 Å². The van der Waals surface area contributed by atoms with Gasteiger partial charge in [0.1, 0.15) is 0 Å². The van der Waals surface area contributed by atoms with Gasteiger partial charge in [0.05, 0.1) is 6.10 Å². The standard InChI is InChI=1S/C8H18O.ClH.Mg/c1-6(2)5-8(9)7(3)4;;/h6-9H,5H2,1-4H3;1H;/q;;+3/p-1. The van der Waals surface area contributed by atoms with Gasteiger partial charge >= 0.3 is 29.7 Å². The summed E-state index contributed by atoms with van der Waals surface area (Å²) in [6.45, 7) is 8.36. The maximum atomic E-state index is 9.30. The van der Waals surface area contributed by atoms with Crippen LogP contribution in [0.5, 0.6) is 0 Å². The fraction of sp³-hybridized carbons (Fsp3) is 1.00. The molecule has 0 fully saturated rings. The van der Waals surface area contributed by atoms with Crippen molar-refractivity contribution in [2.75, 3.05) is 0 Å². The maximum absolute atomic E-state index is 9.30. The van der Waals surface area contributed by atoms with E-state index in [0.717, 1.165) is 6.42 Å². The molecule has 0 aliphatic rings. The second-order valence-electron chi connectivity index (χ2n) is 3.44. The van der Waals surface area contributed by atoms with E-state index in [4.69, 9.17) is 0 Å². The van der Waals surface area contributed by atoms with E-state index in [2.05, 4.69) is 22.9 Å². The molecule has 0 aromatic heterocycles. The minimum atomic E-state index is -0.106. The predicted octanol–water partition coefficient (Wildman–Crippen LogP) is 2.36. The average molecular weight is 190 g/mol. The average Bonchev–Trinajstić information content (AvgIpc) is 1.90. The molecule has 0 aliphatic heterocycles. The number of hydrogen-bond donors (Lipinski definition) is 1. The fourth-order valence-corrected chi connectivity index (χ4v) is 0.755. The van der Waals surface area contributed by atoms with Crippen molar-refractivity contribution >= 4 is 29.7 Å². The number of hydrogen-bond acceptors (Lipinski definition) is 1. The van der Waals surface area contributed by atoms with Crippen LogP contribution < -0.4 is 0 Å². The first kappa shape index (κ1) is 14.5. The van der Waals surface area contributed by atoms with Gasteiger partial charge in [0, 0.05) is 0 Å². The van der Waals surface area contributed by atoms with Crippen LogP contribution in [0.3, 0.4) is 0 Å². The Labute approximate surface area is 86.7 Å². The molecule has 0 rings (SSSR count). The summed E-state index contributed by atoms with van der Waals surface area (Å²) in [6.07, 6.45) is 0.822. The summed E-state index contributed by atoms with van der Waals surface area (Å²) in [5, 5.41) is 9.30. The molecule has 7 radical (unpaired) electrons. The van der Waals surface area contributed by atoms with E-state index in [1.165, 1.54) is 20.6 Å². The van der Waals surface area contributed by atoms with Crippen LogP contribution in [0.25, 0.3) is 0 Å². The van der Waals surface area contributed by atoms with Crippen LogP contribution in [0.4, 0.5) is 0 Å². The Bertz CT molecular complexity index is 76.5. The molecule has 63 valence electrons. The van der Waals surface area contributed by atoms with Crippen molar-refractivity contribution in [3.05, 3.63) is 0 Å². The fourth-order valence-electron chi connectivity index (χ4n) is 0.755. The minimum absolute atomic E-state index is 0.106. The summed E-state index contributed by atoms with van der Waals surface area (Å²) >= 11 is 1.33. The van der Waals surface area contributed by atoms with E-state index < -0.39 is 0 Å². The lowest BCUT2D eigenvalue weighted by Crippen LogP contribution is -2.16. The number of aliphatic hydroxyl groups is 1. The molecule has 0 bridgehead atoms. The molecule has 0 aromatic carbocycles. The second-order valence-corrected chi connectivity index (χ2v) is 3.44. The Hall–Kier alpha value is 1.02. The van der Waals surface area contributed by atoms with Gasteiger partial charge in [0.15, 0.2) is 0 Å². The Morgan fingerprint density at radius 3 is 1.64 bits per heavy atom. The first-order valence-electron chi connectivity index (χ1n) is 3.98. The van der Waals surface area contributed by atoms with E-state index in [9.17, 15) is 5.11 Å². The number of aliphatic hydroxyl groups excluding tert-OH is 1. The van der Waals surface area contributed by atoms with Crippen LogP contribution in [0.15, 0.2) is 0 Å². The van der Waals surface area contributed by atoms with Gasteiger partial charge in [0.25, 0.3) is 0 Å². The summed E-state index contributed by atoms with van der Waals surface area (Å²) in [5.74, 6) is 1.02. The highest BCUT2D eigenvalue weighted by atomic mass is 35.5. The Kier molecular flexibility index (Phi) is 12.0. The van der Waals surface area contributed by atoms with Crippen LogP contribution in [0.1, 0.15) is 34.1 Å². The molecular weight excluding hydrogens is 172 g/mol. The molecule has 0 saturated heterocycles. The van der Waals surface area contributed by atoms with E-state index in [1.54, 1.807) is 0 Å². The van der Waals surface area contributed by atoms with E-state index in [1.807, 2.05) is 13.8 Å². The summed E-state index contributed by atoms with van der Waals surface area (Å²) in [4.78, 5) is 0. The highest BCUT2D eigenvalue weighted by molar-refractivity contribution is 6.80. The smallest absolute Gasteiger partial charge is 0.393 e. The SMILES string of the molecule is CC(C)CC(O)C(C)C.[Mg+2][Cl]. The van der Waals surface area contributed by atoms with Gasteiger partial charge in [-0.05, 0) is 18.3 Å². The monoisotopic (exact) mass is 189 g/mol. The van der Waals surface area contributed by atoms with Crippen molar-refractivity contribution in [3.63, 3.8) is 0 Å². The van der Waals surface area contributed by atoms with Gasteiger partial charge in [-0.2, -0.15) is 0 Å². The number of halogens is 1. The normalized spacial score (nSPS) is 12.8. The molecule has 0 spiro atoms. The summed E-state index contributed by atoms with van der Waals surface area (Å²) in [6, 6.07) is 0. The van der Waals surface area contributed by atoms with Crippen molar-refractivity contribution in [2.45, 2.75) is 40.2 Å². The van der Waals surface area contributed by atoms with Crippen molar-refractivity contribution < 1.29 is 5.11 Å². The Morgan fingerprint density at radius 1 is 1.18 bits per heavy atom. The Morgan fingerprint density at radius 2 is 1.55 bits per heavy atom. The second kappa shape index (κ2) is 9.11. The third-order valence-electron chi connectivity index (χ3n) is 1.48. The molecular formula is C8H18ClMgO+2. The zero-order valence-electron chi connectivity index (χ0n) is 7.97. The first-order chi connectivity index (χ1) is 5.04. The van der Waals surface area contributed by atoms with E-state index >= 15 is 0 Å². The van der Waals surface area contributed by atoms with Gasteiger partial charge in [-0.3, -0.25) is 0 Å². The molecule has 1 unspecified atom stereocenters. The molecule has 1 nitrogen and oxygen atoms in total. The molecule has 1 N–H and O–H groups in total. The zero-order chi connectivity index (χ0) is 9.44. The lowest BCUT2D eigenvalue weighted by Gasteiger charge is -2.15. The van der Waals surface area contributed by atoms with Crippen LogP contribution >= 0.6 is 9.07 Å². The minimum Gasteiger partial charge on any atom is -0.393 e. The molecule has 11 heavy (non-hydrogen) atoms. The number of rotatable bonds is 3. The largest absolute Gasteiger partial charge is 1.59 e. The van der Waals surface area contributed by atoms with Crippen LogP contribution in [-0.4, -0.2) is 31.8 Å². The van der Waals surface area contributed by atoms with Gasteiger partial charge in [-0.15, -0.1) is 0 Å². The van der Waals surface area contributed by atoms with Crippen LogP contribution in [0.2, 0.25) is 0 Å². The quantitative estimate of drug-likeness (QED) is 0.677. The van der Waals surface area contributed by atoms with Crippen LogP contribution in [0, 0.1) is 11.8 Å². The topological polar surface area (TPSA) is 20.2 Å². The van der Waals surface area contributed by atoms with Crippen molar-refractivity contribution in [1.82, 2.24) is 0 Å². The molecule has 3 heteroatoms. The van der Waals surface area contributed by atoms with Gasteiger partial charge in [-0.1, -0.05) is 27.7 Å². The molecule has 0 saturated carbocycles. The molecule has 0 aromatic rings. The summed E-state index contributed by atoms with van der Waals surface area (Å²) in [7, 11) is 4.67. The van der Waals surface area contributed by atoms with Gasteiger partial charge < -0.3 is 5.11 Å². The molecule has 0 heterocycles. The molecule has 0 amide bonds. The highest BCUT2D eigenvalue weighted by Crippen LogP contribution is 2.11. The molecule has 0 aliphatic carbocycles. The lowest BCUT2D eigenvalue weighted by atomic mass is 9.98. The van der Waals surface area contributed by atoms with Crippen molar-refractivity contribution in [1.29, 1.82) is 0 Å². The maximum Gasteiger partial charge on any atom is 1.59 e. The molecule has 1 atom stereocenters. The summed E-state index contributed by atoms with van der Waals surface area (Å²) < 4.78 is 0. The van der Waals surface area contributed by atoms with Crippen molar-refractivity contribution in [2.24, 2.45) is 11.8 Å². The van der Waals surface area contributed by atoms with Crippen molar-refractivity contribution in [3.8, 4) is 0 Å². The lowest BCUT2D eigenvalue weighted by molar-refractivity contribution is 0.103. The highest BCUT2D eigenvalue weighted by Gasteiger charge is 2.16. The van der Waals surface area contributed by atoms with Gasteiger partial charge in [0.2, 0.25) is 0 Å². The zero-order valence-corrected chi connectivity index (χ0v) is 10.1. The summed E-state index contributed by atoms with van der Waals surface area (Å²) in [5.41, 5.74) is 0. The first-order valence-corrected chi connectivity index (χ1v) is 6.12.